The molecule has 1 rings (SSSR count). The molecular formula is C23H37BrN2O11Si. The van der Waals surface area contributed by atoms with Gasteiger partial charge in [0.15, 0.2) is 11.5 Å². The number of methoxy groups -OCH3 is 1. The zero-order valence-electron chi connectivity index (χ0n) is 22.8. The number of nitrogens with one attached hydrogen (secondary N) is 1. The normalized spacial score (nSPS) is 12.4. The molecule has 0 aliphatic heterocycles. The van der Waals surface area contributed by atoms with Crippen molar-refractivity contribution >= 4 is 42.5 Å². The third kappa shape index (κ3) is 10.4. The van der Waals surface area contributed by atoms with E-state index in [1.807, 2.05) is 0 Å². The number of nitrogens with zero attached hydrogens (tertiary/aromatic N) is 1. The second kappa shape index (κ2) is 15.8. The topological polar surface area (TPSA) is 154 Å². The molecular weight excluding hydrogens is 588 g/mol. The quantitative estimate of drug-likeness (QED) is 0.0663. The second-order valence-corrected chi connectivity index (χ2v) is 13.6. The third-order valence-corrected chi connectivity index (χ3v) is 8.51. The highest BCUT2D eigenvalue weighted by Crippen LogP contribution is 2.38. The van der Waals surface area contributed by atoms with Crippen molar-refractivity contribution in [2.45, 2.75) is 50.1 Å². The van der Waals surface area contributed by atoms with Crippen molar-refractivity contribution in [1.82, 2.24) is 5.32 Å². The first kappa shape index (κ1) is 33.6. The zero-order chi connectivity index (χ0) is 28.9. The minimum Gasteiger partial charge on any atom is -0.493 e. The highest BCUT2D eigenvalue weighted by molar-refractivity contribution is 9.10. The van der Waals surface area contributed by atoms with Crippen LogP contribution in [0.3, 0.4) is 0 Å². The molecule has 0 aromatic heterocycles. The molecule has 0 radical (unpaired) electrons. The molecule has 0 spiro atoms. The van der Waals surface area contributed by atoms with Gasteiger partial charge in [0.2, 0.25) is 0 Å². The first-order valence-corrected chi connectivity index (χ1v) is 14.5. The number of halogens is 1. The fourth-order valence-corrected chi connectivity index (χ4v) is 5.05. The lowest BCUT2D eigenvalue weighted by Gasteiger charge is -2.24. The highest BCUT2D eigenvalue weighted by Gasteiger charge is 2.37. The summed E-state index contributed by atoms with van der Waals surface area (Å²) in [5.74, 6) is -0.0585. The minimum atomic E-state index is -2.75. The largest absolute Gasteiger partial charge is 0.500 e. The van der Waals surface area contributed by atoms with Crippen molar-refractivity contribution in [1.29, 1.82) is 0 Å². The first-order valence-electron chi connectivity index (χ1n) is 11.8. The van der Waals surface area contributed by atoms with Crippen LogP contribution >= 0.6 is 15.9 Å². The first-order chi connectivity index (χ1) is 17.8. The maximum Gasteiger partial charge on any atom is 0.500 e. The average molecular weight is 626 g/mol. The summed E-state index contributed by atoms with van der Waals surface area (Å²) in [4.78, 5) is 35.2. The van der Waals surface area contributed by atoms with Crippen LogP contribution in [-0.4, -0.2) is 78.3 Å². The molecule has 0 fully saturated rings. The van der Waals surface area contributed by atoms with Crippen LogP contribution in [0.4, 0.5) is 10.5 Å². The van der Waals surface area contributed by atoms with Gasteiger partial charge in [0.05, 0.1) is 36.9 Å². The number of alkyl halides is 1. The van der Waals surface area contributed by atoms with Crippen molar-refractivity contribution in [3.8, 4) is 11.5 Å². The van der Waals surface area contributed by atoms with Gasteiger partial charge in [-0.05, 0) is 33.3 Å². The second-order valence-electron chi connectivity index (χ2n) is 8.50. The van der Waals surface area contributed by atoms with Gasteiger partial charge in [0, 0.05) is 40.3 Å². The maximum atomic E-state index is 12.3. The van der Waals surface area contributed by atoms with E-state index in [0.717, 1.165) is 0 Å². The Labute approximate surface area is 232 Å². The number of rotatable bonds is 17. The van der Waals surface area contributed by atoms with Gasteiger partial charge in [0.1, 0.15) is 10.4 Å². The number of hydrogen-bond donors (Lipinski definition) is 1. The summed E-state index contributed by atoms with van der Waals surface area (Å²) < 4.78 is 36.7. The Morgan fingerprint density at radius 3 is 2.24 bits per heavy atom. The Morgan fingerprint density at radius 2 is 1.71 bits per heavy atom. The molecule has 15 heteroatoms. The number of ether oxygens (including phenoxy) is 4. The molecule has 13 nitrogen and oxygen atoms in total. The van der Waals surface area contributed by atoms with E-state index in [1.54, 1.807) is 13.8 Å². The number of hydrogen-bond acceptors (Lipinski definition) is 11. The molecule has 1 aromatic carbocycles. The van der Waals surface area contributed by atoms with E-state index in [0.29, 0.717) is 18.9 Å². The van der Waals surface area contributed by atoms with Crippen molar-refractivity contribution in [3.63, 3.8) is 0 Å². The monoisotopic (exact) mass is 624 g/mol. The molecule has 0 saturated heterocycles. The van der Waals surface area contributed by atoms with E-state index in [4.69, 9.17) is 32.2 Å². The van der Waals surface area contributed by atoms with Gasteiger partial charge < -0.3 is 37.5 Å². The van der Waals surface area contributed by atoms with Gasteiger partial charge in [0.25, 0.3) is 5.69 Å². The Kier molecular flexibility index (Phi) is 14.0. The molecule has 0 aliphatic rings. The summed E-state index contributed by atoms with van der Waals surface area (Å²) in [6.07, 6.45) is -0.837. The Hall–Kier alpha value is -2.46. The number of nitro benzene ring substituents is 1. The maximum absolute atomic E-state index is 12.3. The minimum absolute atomic E-state index is 0.113. The number of carbonyl (C=O) groups is 2. The number of carbonyl (C=O) groups excluding carboxylic acids is 2. The van der Waals surface area contributed by atoms with Crippen LogP contribution < -0.4 is 14.8 Å². The van der Waals surface area contributed by atoms with Crippen LogP contribution in [0, 0.1) is 10.1 Å². The van der Waals surface area contributed by atoms with Gasteiger partial charge in [-0.3, -0.25) is 14.9 Å². The van der Waals surface area contributed by atoms with Crippen LogP contribution in [0.1, 0.15) is 45.3 Å². The van der Waals surface area contributed by atoms with Gasteiger partial charge in [-0.15, -0.1) is 0 Å². The summed E-state index contributed by atoms with van der Waals surface area (Å²) in [5, 5.41) is 14.4. The predicted octanol–water partition coefficient (Wildman–Crippen LogP) is 4.14. The number of amides is 1. The SMILES string of the molecule is COc1cc([C@H](C)OC(=O)NCCC[Si](OC)(OC)OC)c([N+](=O)[O-])cc1OCCCOC(=O)C(C)(C)Br. The van der Waals surface area contributed by atoms with Crippen molar-refractivity contribution < 1.29 is 46.7 Å². The Balaban J connectivity index is 2.78. The predicted molar refractivity (Wildman–Crippen MR) is 143 cm³/mol. The van der Waals surface area contributed by atoms with E-state index >= 15 is 0 Å². The zero-order valence-corrected chi connectivity index (χ0v) is 25.4. The van der Waals surface area contributed by atoms with Gasteiger partial charge in [-0.2, -0.15) is 0 Å². The lowest BCUT2D eigenvalue weighted by molar-refractivity contribution is -0.386. The van der Waals surface area contributed by atoms with Crippen molar-refractivity contribution in [2.75, 3.05) is 48.2 Å². The van der Waals surface area contributed by atoms with Crippen LogP contribution in [0.2, 0.25) is 6.04 Å². The Bertz CT molecular complexity index is 930. The average Bonchev–Trinajstić information content (AvgIpc) is 2.87. The van der Waals surface area contributed by atoms with Gasteiger partial charge in [-0.25, -0.2) is 4.79 Å². The van der Waals surface area contributed by atoms with Crippen LogP contribution in [0.15, 0.2) is 12.1 Å². The lowest BCUT2D eigenvalue weighted by atomic mass is 10.1. The van der Waals surface area contributed by atoms with Crippen molar-refractivity contribution in [3.05, 3.63) is 27.8 Å². The van der Waals surface area contributed by atoms with E-state index in [2.05, 4.69) is 21.2 Å². The summed E-state index contributed by atoms with van der Waals surface area (Å²) in [6, 6.07) is 3.09. The van der Waals surface area contributed by atoms with E-state index < -0.39 is 36.2 Å². The Morgan fingerprint density at radius 1 is 1.08 bits per heavy atom. The molecule has 1 amide bonds. The lowest BCUT2D eigenvalue weighted by Crippen LogP contribution is -2.43. The van der Waals surface area contributed by atoms with Crippen LogP contribution in [0.25, 0.3) is 0 Å². The number of benzene rings is 1. The molecule has 0 bridgehead atoms. The van der Waals surface area contributed by atoms with E-state index in [9.17, 15) is 19.7 Å². The molecule has 216 valence electrons. The highest BCUT2D eigenvalue weighted by atomic mass is 79.9. The van der Waals surface area contributed by atoms with Gasteiger partial charge in [-0.1, -0.05) is 15.9 Å². The fraction of sp³-hybridized carbons (Fsp3) is 0.652. The molecule has 0 aliphatic carbocycles. The number of esters is 1. The molecule has 1 aromatic rings. The van der Waals surface area contributed by atoms with Gasteiger partial charge >= 0.3 is 20.9 Å². The standard InChI is InChI=1S/C23H37BrN2O11Si/c1-16(37-22(28)25-10-8-13-38(32-5,33-6)34-7)17-14-19(31-4)20(15-18(17)26(29)30)35-11-9-12-36-21(27)23(2,3)24/h14-16H,8-13H2,1-7H3,(H,25,28)/t16-/m0/s1. The molecule has 0 saturated carbocycles. The van der Waals surface area contributed by atoms with Crippen LogP contribution in [-0.2, 0) is 27.5 Å². The van der Waals surface area contributed by atoms with E-state index in [-0.39, 0.29) is 42.5 Å². The number of alkyl carbamates (subject to hydrolysis) is 1. The summed E-state index contributed by atoms with van der Waals surface area (Å²) >= 11 is 3.22. The van der Waals surface area contributed by atoms with Crippen LogP contribution in [0.5, 0.6) is 11.5 Å². The molecule has 0 unspecified atom stereocenters. The third-order valence-electron chi connectivity index (χ3n) is 5.36. The van der Waals surface area contributed by atoms with E-state index in [1.165, 1.54) is 47.5 Å². The summed E-state index contributed by atoms with van der Waals surface area (Å²) in [7, 11) is 3.14. The molecule has 1 atom stereocenters. The van der Waals surface area contributed by atoms with Crippen molar-refractivity contribution in [2.24, 2.45) is 0 Å². The smallest absolute Gasteiger partial charge is 0.493 e. The summed E-state index contributed by atoms with van der Waals surface area (Å²) in [6.45, 7) is 5.35. The number of nitro groups is 1. The molecule has 1 N–H and O–H groups in total. The fourth-order valence-electron chi connectivity index (χ4n) is 3.22. The summed E-state index contributed by atoms with van der Waals surface area (Å²) in [5.41, 5.74) is -0.169. The molecule has 38 heavy (non-hydrogen) atoms. The molecule has 0 heterocycles.